The highest BCUT2D eigenvalue weighted by molar-refractivity contribution is 5.71. The molecule has 0 fully saturated rings. The third-order valence-electron chi connectivity index (χ3n) is 13.4. The summed E-state index contributed by atoms with van der Waals surface area (Å²) in [6.07, 6.45) is 77.8. The van der Waals surface area contributed by atoms with E-state index in [-0.39, 0.29) is 31.1 Å². The Labute approximate surface area is 446 Å². The Morgan fingerprint density at radius 1 is 0.292 bits per heavy atom. The minimum absolute atomic E-state index is 0.0744. The summed E-state index contributed by atoms with van der Waals surface area (Å²) in [6.45, 7) is 6.51. The molecule has 72 heavy (non-hydrogen) atoms. The first kappa shape index (κ1) is 68.8. The van der Waals surface area contributed by atoms with Crippen LogP contribution in [0.3, 0.4) is 0 Å². The number of unbranched alkanes of at least 4 members (excludes halogenated alkanes) is 33. The summed E-state index contributed by atoms with van der Waals surface area (Å²) in [5.74, 6) is -0.874. The van der Waals surface area contributed by atoms with Gasteiger partial charge in [-0.3, -0.25) is 14.4 Å². The lowest BCUT2D eigenvalue weighted by Gasteiger charge is -2.18. The topological polar surface area (TPSA) is 78.9 Å². The van der Waals surface area contributed by atoms with E-state index in [1.807, 2.05) is 0 Å². The van der Waals surface area contributed by atoms with E-state index in [2.05, 4.69) is 93.7 Å². The van der Waals surface area contributed by atoms with Crippen LogP contribution in [0.2, 0.25) is 0 Å². The number of carbonyl (C=O) groups excluding carboxylic acids is 3. The maximum Gasteiger partial charge on any atom is 0.306 e. The molecule has 6 nitrogen and oxygen atoms in total. The zero-order valence-corrected chi connectivity index (χ0v) is 47.7. The molecule has 0 saturated carbocycles. The molecule has 0 N–H and O–H groups in total. The second kappa shape index (κ2) is 60.4. The van der Waals surface area contributed by atoms with Crippen molar-refractivity contribution in [2.45, 2.75) is 316 Å². The minimum atomic E-state index is -0.775. The van der Waals surface area contributed by atoms with E-state index < -0.39 is 6.10 Å². The average Bonchev–Trinajstić information content (AvgIpc) is 3.38. The highest BCUT2D eigenvalue weighted by Gasteiger charge is 2.19. The molecular weight excluding hydrogens is 889 g/mol. The molecule has 416 valence electrons. The molecule has 0 radical (unpaired) electrons. The van der Waals surface area contributed by atoms with Crippen LogP contribution in [0.4, 0.5) is 0 Å². The van der Waals surface area contributed by atoms with Gasteiger partial charge in [0.1, 0.15) is 13.2 Å². The summed E-state index contributed by atoms with van der Waals surface area (Å²) in [7, 11) is 0. The third kappa shape index (κ3) is 57.7. The molecule has 1 unspecified atom stereocenters. The van der Waals surface area contributed by atoms with E-state index >= 15 is 0 Å². The molecule has 0 saturated heterocycles. The molecule has 0 aromatic carbocycles. The Bertz CT molecular complexity index is 1340. The normalized spacial score (nSPS) is 12.5. The summed E-state index contributed by atoms with van der Waals surface area (Å²) in [5, 5.41) is 0. The second-order valence-electron chi connectivity index (χ2n) is 20.6. The van der Waals surface area contributed by atoms with Crippen LogP contribution in [0.15, 0.2) is 72.9 Å². The molecule has 0 aromatic rings. The molecule has 0 heterocycles. The summed E-state index contributed by atoms with van der Waals surface area (Å²) in [6, 6.07) is 0. The molecule has 0 rings (SSSR count). The Kier molecular flexibility index (Phi) is 57.8. The van der Waals surface area contributed by atoms with Crippen molar-refractivity contribution in [1.82, 2.24) is 0 Å². The van der Waals surface area contributed by atoms with Gasteiger partial charge in [-0.1, -0.05) is 273 Å². The SMILES string of the molecule is CC/C=C\C/C=C\C/C=C\C/C=C\C/C=C\CCCCCCCCCCCCCCCCCC(=O)OCC(COC(=O)CCCCCCCCCCC)OC(=O)CCCCCCC/C=C\CCCCCCC. The van der Waals surface area contributed by atoms with E-state index in [1.165, 1.54) is 173 Å². The van der Waals surface area contributed by atoms with E-state index in [0.29, 0.717) is 19.3 Å². The van der Waals surface area contributed by atoms with Gasteiger partial charge in [0.2, 0.25) is 0 Å². The fourth-order valence-electron chi connectivity index (χ4n) is 8.82. The molecule has 0 aliphatic heterocycles. The molecule has 0 aliphatic carbocycles. The number of hydrogen-bond donors (Lipinski definition) is 0. The Balaban J connectivity index is 4.09. The van der Waals surface area contributed by atoms with Gasteiger partial charge in [0.05, 0.1) is 0 Å². The van der Waals surface area contributed by atoms with Crippen LogP contribution >= 0.6 is 0 Å². The van der Waals surface area contributed by atoms with E-state index in [4.69, 9.17) is 14.2 Å². The number of hydrogen-bond acceptors (Lipinski definition) is 6. The first-order valence-electron chi connectivity index (χ1n) is 30.9. The highest BCUT2D eigenvalue weighted by atomic mass is 16.6. The number of ether oxygens (including phenoxy) is 3. The van der Waals surface area contributed by atoms with Crippen LogP contribution in [-0.2, 0) is 28.6 Å². The van der Waals surface area contributed by atoms with Crippen molar-refractivity contribution in [3.63, 3.8) is 0 Å². The maximum absolute atomic E-state index is 12.8. The first-order valence-corrected chi connectivity index (χ1v) is 30.9. The van der Waals surface area contributed by atoms with Gasteiger partial charge in [-0.2, -0.15) is 0 Å². The van der Waals surface area contributed by atoms with Crippen molar-refractivity contribution in [1.29, 1.82) is 0 Å². The minimum Gasteiger partial charge on any atom is -0.462 e. The third-order valence-corrected chi connectivity index (χ3v) is 13.4. The van der Waals surface area contributed by atoms with Crippen LogP contribution in [-0.4, -0.2) is 37.2 Å². The zero-order chi connectivity index (χ0) is 52.2. The lowest BCUT2D eigenvalue weighted by Crippen LogP contribution is -2.30. The predicted molar refractivity (Wildman–Crippen MR) is 311 cm³/mol. The summed E-state index contributed by atoms with van der Waals surface area (Å²) in [4.78, 5) is 38.1. The largest absolute Gasteiger partial charge is 0.462 e. The number of rotatable bonds is 56. The summed E-state index contributed by atoms with van der Waals surface area (Å²) < 4.78 is 16.8. The van der Waals surface area contributed by atoms with E-state index in [9.17, 15) is 14.4 Å². The van der Waals surface area contributed by atoms with Gasteiger partial charge >= 0.3 is 17.9 Å². The Morgan fingerprint density at radius 3 is 0.861 bits per heavy atom. The van der Waals surface area contributed by atoms with Crippen LogP contribution in [0.5, 0.6) is 0 Å². The van der Waals surface area contributed by atoms with Crippen molar-refractivity contribution < 1.29 is 28.6 Å². The molecule has 0 aliphatic rings. The average molecular weight is 1010 g/mol. The van der Waals surface area contributed by atoms with Gasteiger partial charge in [0.25, 0.3) is 0 Å². The molecular formula is C66H116O6. The fraction of sp³-hybridized carbons (Fsp3) is 0.773. The Morgan fingerprint density at radius 2 is 0.542 bits per heavy atom. The van der Waals surface area contributed by atoms with E-state index in [1.54, 1.807) is 0 Å². The number of carbonyl (C=O) groups is 3. The maximum atomic E-state index is 12.8. The smallest absolute Gasteiger partial charge is 0.306 e. The van der Waals surface area contributed by atoms with Gasteiger partial charge in [-0.05, 0) is 89.9 Å². The van der Waals surface area contributed by atoms with Gasteiger partial charge in [-0.25, -0.2) is 0 Å². The molecule has 0 bridgehead atoms. The monoisotopic (exact) mass is 1000 g/mol. The first-order chi connectivity index (χ1) is 35.5. The van der Waals surface area contributed by atoms with Crippen molar-refractivity contribution in [3.05, 3.63) is 72.9 Å². The van der Waals surface area contributed by atoms with Crippen molar-refractivity contribution in [3.8, 4) is 0 Å². The standard InChI is InChI=1S/C66H116O6/c1-4-7-10-13-16-19-21-23-25-26-27-28-29-30-31-32-33-34-35-36-37-38-39-40-41-43-44-47-50-53-56-59-65(68)71-62-63(61-70-64(67)58-55-52-49-46-18-15-12-9-6-3)72-66(69)60-57-54-51-48-45-42-24-22-20-17-14-11-8-5-2/h7,10,16,19,22-25,27-28,30-31,63H,4-6,8-9,11-15,17-18,20-21,26,29,32-62H2,1-3H3/b10-7-,19-16-,24-22-,25-23-,28-27-,31-30-. The van der Waals surface area contributed by atoms with Crippen LogP contribution in [0.1, 0.15) is 310 Å². The van der Waals surface area contributed by atoms with Crippen molar-refractivity contribution >= 4 is 17.9 Å². The number of esters is 3. The van der Waals surface area contributed by atoms with Crippen LogP contribution < -0.4 is 0 Å². The molecule has 1 atom stereocenters. The van der Waals surface area contributed by atoms with E-state index in [0.717, 1.165) is 96.3 Å². The predicted octanol–water partition coefficient (Wildman–Crippen LogP) is 20.9. The lowest BCUT2D eigenvalue weighted by atomic mass is 10.0. The summed E-state index contributed by atoms with van der Waals surface area (Å²) in [5.41, 5.74) is 0. The van der Waals surface area contributed by atoms with Gasteiger partial charge < -0.3 is 14.2 Å². The van der Waals surface area contributed by atoms with Crippen molar-refractivity contribution in [2.75, 3.05) is 13.2 Å². The lowest BCUT2D eigenvalue weighted by molar-refractivity contribution is -0.167. The molecule has 0 amide bonds. The van der Waals surface area contributed by atoms with Crippen molar-refractivity contribution in [2.24, 2.45) is 0 Å². The van der Waals surface area contributed by atoms with Gasteiger partial charge in [0.15, 0.2) is 6.10 Å². The second-order valence-corrected chi connectivity index (χ2v) is 20.6. The van der Waals surface area contributed by atoms with Crippen LogP contribution in [0.25, 0.3) is 0 Å². The zero-order valence-electron chi connectivity index (χ0n) is 47.7. The van der Waals surface area contributed by atoms with Crippen LogP contribution in [0, 0.1) is 0 Å². The molecule has 0 aromatic heterocycles. The fourth-order valence-corrected chi connectivity index (χ4v) is 8.82. The number of allylic oxidation sites excluding steroid dienone is 12. The van der Waals surface area contributed by atoms with Gasteiger partial charge in [0, 0.05) is 19.3 Å². The van der Waals surface area contributed by atoms with Gasteiger partial charge in [-0.15, -0.1) is 0 Å². The molecule has 0 spiro atoms. The highest BCUT2D eigenvalue weighted by Crippen LogP contribution is 2.16. The Hall–Kier alpha value is -3.15. The molecule has 6 heteroatoms. The quantitative estimate of drug-likeness (QED) is 0.0261. The summed E-state index contributed by atoms with van der Waals surface area (Å²) >= 11 is 0.